The topological polar surface area (TPSA) is 51.5 Å². The van der Waals surface area contributed by atoms with Gasteiger partial charge in [0.1, 0.15) is 29.8 Å². The average molecular weight is 516 g/mol. The number of benzene rings is 3. The molecule has 0 fully saturated rings. The lowest BCUT2D eigenvalue weighted by Gasteiger charge is -2.15. The molecule has 0 saturated heterocycles. The molecule has 0 aliphatic carbocycles. The van der Waals surface area contributed by atoms with E-state index in [2.05, 4.69) is 15.9 Å². The highest BCUT2D eigenvalue weighted by Gasteiger charge is 2.15. The van der Waals surface area contributed by atoms with Crippen LogP contribution in [-0.4, -0.2) is 15.6 Å². The van der Waals surface area contributed by atoms with Gasteiger partial charge in [-0.15, -0.1) is 0 Å². The molecule has 4 rings (SSSR count). The van der Waals surface area contributed by atoms with Crippen molar-refractivity contribution >= 4 is 21.9 Å². The molecule has 0 aliphatic heterocycles. The summed E-state index contributed by atoms with van der Waals surface area (Å²) in [6.45, 7) is -0.408. The van der Waals surface area contributed by atoms with Gasteiger partial charge in [-0.1, -0.05) is 22.0 Å². The number of aromatic carboxylic acids is 1. The van der Waals surface area contributed by atoms with E-state index in [0.29, 0.717) is 30.0 Å². The van der Waals surface area contributed by atoms with E-state index in [0.717, 1.165) is 15.7 Å². The molecule has 8 heteroatoms. The molecule has 1 N–H and O–H groups in total. The summed E-state index contributed by atoms with van der Waals surface area (Å²) in [5, 5.41) is 9.28. The van der Waals surface area contributed by atoms with Crippen LogP contribution in [0.1, 0.15) is 27.2 Å². The van der Waals surface area contributed by atoms with Gasteiger partial charge in [0.25, 0.3) is 0 Å². The lowest BCUT2D eigenvalue weighted by molar-refractivity contribution is 0.0697. The molecule has 1 heterocycles. The molecule has 0 aliphatic rings. The van der Waals surface area contributed by atoms with Crippen LogP contribution < -0.4 is 4.74 Å². The van der Waals surface area contributed by atoms with Crippen LogP contribution >= 0.6 is 15.9 Å². The number of halogens is 4. The summed E-state index contributed by atoms with van der Waals surface area (Å²) in [6.07, 6.45) is 2.21. The first-order valence-corrected chi connectivity index (χ1v) is 10.7. The van der Waals surface area contributed by atoms with E-state index in [1.54, 1.807) is 30.3 Å². The summed E-state index contributed by atoms with van der Waals surface area (Å²) in [5.41, 5.74) is 2.07. The van der Waals surface area contributed by atoms with Gasteiger partial charge in [0.2, 0.25) is 0 Å². The first kappa shape index (κ1) is 22.7. The fraction of sp³-hybridized carbons (Fsp3) is 0.0800. The third-order valence-electron chi connectivity index (χ3n) is 5.08. The number of hydrogen-bond acceptors (Lipinski definition) is 2. The van der Waals surface area contributed by atoms with Crippen molar-refractivity contribution in [1.29, 1.82) is 0 Å². The van der Waals surface area contributed by atoms with Crippen LogP contribution in [0.2, 0.25) is 0 Å². The van der Waals surface area contributed by atoms with Gasteiger partial charge >= 0.3 is 5.97 Å². The highest BCUT2D eigenvalue weighted by atomic mass is 79.9. The number of ether oxygens (including phenoxy) is 1. The minimum Gasteiger partial charge on any atom is -0.488 e. The molecular formula is C25H17BrF3NO3. The van der Waals surface area contributed by atoms with Crippen LogP contribution in [0.5, 0.6) is 5.75 Å². The molecule has 4 nitrogen and oxygen atoms in total. The maximum absolute atomic E-state index is 14.0. The number of carbonyl (C=O) groups is 1. The largest absolute Gasteiger partial charge is 0.488 e. The molecule has 3 aromatic carbocycles. The van der Waals surface area contributed by atoms with Crippen molar-refractivity contribution in [1.82, 2.24) is 4.57 Å². The highest BCUT2D eigenvalue weighted by molar-refractivity contribution is 9.10. The summed E-state index contributed by atoms with van der Waals surface area (Å²) < 4.78 is 49.5. The van der Waals surface area contributed by atoms with E-state index in [4.69, 9.17) is 4.74 Å². The molecule has 0 spiro atoms. The Morgan fingerprint density at radius 1 is 0.970 bits per heavy atom. The van der Waals surface area contributed by atoms with Gasteiger partial charge in [0.15, 0.2) is 0 Å². The molecule has 168 valence electrons. The van der Waals surface area contributed by atoms with E-state index in [1.807, 2.05) is 29.0 Å². The number of hydrogen-bond donors (Lipinski definition) is 1. The molecule has 0 amide bonds. The fourth-order valence-electron chi connectivity index (χ4n) is 3.48. The predicted molar refractivity (Wildman–Crippen MR) is 120 cm³/mol. The summed E-state index contributed by atoms with van der Waals surface area (Å²) in [6, 6.07) is 16.8. The van der Waals surface area contributed by atoms with E-state index in [-0.39, 0.29) is 11.1 Å². The molecule has 0 bridgehead atoms. The number of rotatable bonds is 7. The summed E-state index contributed by atoms with van der Waals surface area (Å²) in [4.78, 5) is 11.3. The third kappa shape index (κ3) is 5.12. The lowest BCUT2D eigenvalue weighted by atomic mass is 10.1. The summed E-state index contributed by atoms with van der Waals surface area (Å²) in [5.74, 6) is -3.63. The molecule has 0 unspecified atom stereocenters. The van der Waals surface area contributed by atoms with Gasteiger partial charge in [-0.2, -0.15) is 0 Å². The second kappa shape index (κ2) is 9.54. The smallest absolute Gasteiger partial charge is 0.335 e. The van der Waals surface area contributed by atoms with Gasteiger partial charge in [-0.25, -0.2) is 18.0 Å². The SMILES string of the molecule is O=C(O)c1cccc(-n2cccc2Cc2cc(Br)ccc2OCc2c(F)cc(F)cc2F)c1. The van der Waals surface area contributed by atoms with E-state index >= 15 is 0 Å². The molecule has 0 radical (unpaired) electrons. The predicted octanol–water partition coefficient (Wildman–Crippen LogP) is 6.53. The van der Waals surface area contributed by atoms with Crippen LogP contribution in [0.4, 0.5) is 13.2 Å². The first-order valence-electron chi connectivity index (χ1n) is 9.86. The highest BCUT2D eigenvalue weighted by Crippen LogP contribution is 2.28. The monoisotopic (exact) mass is 515 g/mol. The summed E-state index contributed by atoms with van der Waals surface area (Å²) in [7, 11) is 0. The number of carboxylic acids is 1. The van der Waals surface area contributed by atoms with Gasteiger partial charge in [0.05, 0.1) is 11.1 Å². The van der Waals surface area contributed by atoms with Crippen molar-refractivity contribution in [3.05, 3.63) is 117 Å². The first-order chi connectivity index (χ1) is 15.8. The Balaban J connectivity index is 1.62. The normalized spacial score (nSPS) is 10.9. The van der Waals surface area contributed by atoms with Crippen molar-refractivity contribution in [2.24, 2.45) is 0 Å². The third-order valence-corrected chi connectivity index (χ3v) is 5.57. The molecular weight excluding hydrogens is 499 g/mol. The van der Waals surface area contributed by atoms with Crippen LogP contribution in [0, 0.1) is 17.5 Å². The zero-order valence-corrected chi connectivity index (χ0v) is 18.7. The van der Waals surface area contributed by atoms with Crippen molar-refractivity contribution in [2.75, 3.05) is 0 Å². The molecule has 0 atom stereocenters. The van der Waals surface area contributed by atoms with E-state index in [1.165, 1.54) is 6.07 Å². The zero-order valence-electron chi connectivity index (χ0n) is 17.1. The Morgan fingerprint density at radius 2 is 1.73 bits per heavy atom. The molecule has 1 aromatic heterocycles. The van der Waals surface area contributed by atoms with Gasteiger partial charge in [0, 0.05) is 46.2 Å². The lowest BCUT2D eigenvalue weighted by Crippen LogP contribution is -2.06. The van der Waals surface area contributed by atoms with Crippen LogP contribution in [0.3, 0.4) is 0 Å². The average Bonchev–Trinajstić information content (AvgIpc) is 3.22. The number of nitrogens with zero attached hydrogens (tertiary/aromatic N) is 1. The van der Waals surface area contributed by atoms with Crippen molar-refractivity contribution in [2.45, 2.75) is 13.0 Å². The van der Waals surface area contributed by atoms with Crippen LogP contribution in [0.25, 0.3) is 5.69 Å². The fourth-order valence-corrected chi connectivity index (χ4v) is 3.89. The Kier molecular flexibility index (Phi) is 6.55. The van der Waals surface area contributed by atoms with Gasteiger partial charge in [-0.3, -0.25) is 0 Å². The minimum absolute atomic E-state index is 0.168. The van der Waals surface area contributed by atoms with Crippen molar-refractivity contribution in [3.8, 4) is 11.4 Å². The van der Waals surface area contributed by atoms with Crippen molar-refractivity contribution < 1.29 is 27.8 Å². The standard InChI is InChI=1S/C25H17BrF3NO3/c26-17-6-7-24(33-14-21-22(28)12-18(27)13-23(21)29)16(9-17)11-20-5-2-8-30(20)19-4-1-3-15(10-19)25(31)32/h1-10,12-13H,11,14H2,(H,31,32). The van der Waals surface area contributed by atoms with Gasteiger partial charge in [-0.05, 0) is 48.5 Å². The summed E-state index contributed by atoms with van der Waals surface area (Å²) >= 11 is 3.43. The Morgan fingerprint density at radius 3 is 2.45 bits per heavy atom. The quantitative estimate of drug-likeness (QED) is 0.304. The second-order valence-electron chi connectivity index (χ2n) is 7.29. The number of aromatic nitrogens is 1. The van der Waals surface area contributed by atoms with Gasteiger partial charge < -0.3 is 14.4 Å². The zero-order chi connectivity index (χ0) is 23.5. The second-order valence-corrected chi connectivity index (χ2v) is 8.21. The van der Waals surface area contributed by atoms with Crippen molar-refractivity contribution in [3.63, 3.8) is 0 Å². The van der Waals surface area contributed by atoms with Crippen LogP contribution in [-0.2, 0) is 13.0 Å². The maximum Gasteiger partial charge on any atom is 0.335 e. The number of carboxylic acid groups (broad SMARTS) is 1. The van der Waals surface area contributed by atoms with Crippen LogP contribution in [0.15, 0.2) is 77.4 Å². The minimum atomic E-state index is -1.02. The molecule has 0 saturated carbocycles. The molecule has 4 aromatic rings. The molecule has 33 heavy (non-hydrogen) atoms. The van der Waals surface area contributed by atoms with E-state index in [9.17, 15) is 23.1 Å². The Labute approximate surface area is 196 Å². The Hall–Kier alpha value is -3.52. The Bertz CT molecular complexity index is 1310. The maximum atomic E-state index is 14.0. The van der Waals surface area contributed by atoms with E-state index < -0.39 is 30.0 Å².